The second-order valence-electron chi connectivity index (χ2n) is 6.62. The Morgan fingerprint density at radius 2 is 1.96 bits per heavy atom. The van der Waals surface area contributed by atoms with E-state index in [1.807, 2.05) is 19.1 Å². The van der Waals surface area contributed by atoms with Gasteiger partial charge in [-0.05, 0) is 24.6 Å². The number of hydrogen-bond donors (Lipinski definition) is 1. The van der Waals surface area contributed by atoms with Gasteiger partial charge in [0.25, 0.3) is 5.91 Å². The number of benzene rings is 1. The first kappa shape index (κ1) is 16.3. The second kappa shape index (κ2) is 5.98. The van der Waals surface area contributed by atoms with Crippen LogP contribution in [0.1, 0.15) is 29.0 Å². The fourth-order valence-corrected chi connectivity index (χ4v) is 3.45. The van der Waals surface area contributed by atoms with Gasteiger partial charge in [-0.15, -0.1) is 0 Å². The van der Waals surface area contributed by atoms with Crippen LogP contribution >= 0.6 is 0 Å². The molecular formula is C18H18N4O4. The van der Waals surface area contributed by atoms with Gasteiger partial charge in [0.05, 0.1) is 11.6 Å². The van der Waals surface area contributed by atoms with Crippen LogP contribution in [0.15, 0.2) is 41.2 Å². The number of piperidine rings is 1. The van der Waals surface area contributed by atoms with E-state index in [0.717, 1.165) is 5.56 Å². The van der Waals surface area contributed by atoms with Crippen molar-refractivity contribution in [2.24, 2.45) is 0 Å². The Hall–Kier alpha value is -3.16. The number of fused-ring (bicyclic) bond motifs is 1. The van der Waals surface area contributed by atoms with E-state index in [9.17, 15) is 14.7 Å². The molecule has 8 nitrogen and oxygen atoms in total. The number of nitrogens with zero attached hydrogens (tertiary/aromatic N) is 4. The van der Waals surface area contributed by atoms with Crippen molar-refractivity contribution < 1.29 is 19.2 Å². The summed E-state index contributed by atoms with van der Waals surface area (Å²) >= 11 is 0. The van der Waals surface area contributed by atoms with E-state index in [-0.39, 0.29) is 24.5 Å². The summed E-state index contributed by atoms with van der Waals surface area (Å²) in [5, 5.41) is 18.6. The van der Waals surface area contributed by atoms with Crippen LogP contribution in [0.25, 0.3) is 10.9 Å². The molecule has 0 bridgehead atoms. The highest BCUT2D eigenvalue weighted by Crippen LogP contribution is 2.31. The molecule has 1 aliphatic heterocycles. The van der Waals surface area contributed by atoms with Gasteiger partial charge in [-0.1, -0.05) is 17.3 Å². The molecule has 2 aromatic heterocycles. The summed E-state index contributed by atoms with van der Waals surface area (Å²) in [6.45, 7) is 2.48. The SMILES string of the molecule is Cc1cnn(C2(C(=O)O)CCN(C(=O)c3onc4ccccc34)CC2)c1. The molecule has 4 rings (SSSR count). The van der Waals surface area contributed by atoms with Crippen LogP contribution in [0.2, 0.25) is 0 Å². The first-order valence-corrected chi connectivity index (χ1v) is 8.40. The van der Waals surface area contributed by atoms with Gasteiger partial charge < -0.3 is 14.5 Å². The molecule has 8 heteroatoms. The van der Waals surface area contributed by atoms with Crippen LogP contribution in [-0.2, 0) is 10.3 Å². The molecule has 0 aliphatic carbocycles. The Morgan fingerprint density at radius 1 is 1.23 bits per heavy atom. The first-order chi connectivity index (χ1) is 12.5. The fraction of sp³-hybridized carbons (Fsp3) is 0.333. The zero-order chi connectivity index (χ0) is 18.3. The van der Waals surface area contributed by atoms with Gasteiger partial charge in [-0.25, -0.2) is 4.79 Å². The minimum atomic E-state index is -1.13. The van der Waals surface area contributed by atoms with Gasteiger partial charge in [0.1, 0.15) is 5.52 Å². The highest BCUT2D eigenvalue weighted by atomic mass is 16.5. The van der Waals surface area contributed by atoms with Crippen LogP contribution < -0.4 is 0 Å². The van der Waals surface area contributed by atoms with Crippen molar-refractivity contribution in [1.82, 2.24) is 19.8 Å². The molecule has 0 saturated carbocycles. The molecule has 0 unspecified atom stereocenters. The average molecular weight is 354 g/mol. The molecule has 0 spiro atoms. The van der Waals surface area contributed by atoms with Gasteiger partial charge in [0, 0.05) is 32.1 Å². The normalized spacial score (nSPS) is 16.7. The third-order valence-electron chi connectivity index (χ3n) is 5.00. The van der Waals surface area contributed by atoms with Crippen LogP contribution in [0, 0.1) is 6.92 Å². The Morgan fingerprint density at radius 3 is 2.62 bits per heavy atom. The van der Waals surface area contributed by atoms with Crippen molar-refractivity contribution >= 4 is 22.8 Å². The number of carboxylic acids is 1. The van der Waals surface area contributed by atoms with Crippen LogP contribution in [0.5, 0.6) is 0 Å². The van der Waals surface area contributed by atoms with Gasteiger partial charge in [-0.3, -0.25) is 9.48 Å². The molecule has 134 valence electrons. The Balaban J connectivity index is 1.57. The largest absolute Gasteiger partial charge is 0.479 e. The van der Waals surface area contributed by atoms with Crippen LogP contribution in [-0.4, -0.2) is 49.9 Å². The van der Waals surface area contributed by atoms with Crippen molar-refractivity contribution in [2.45, 2.75) is 25.3 Å². The summed E-state index contributed by atoms with van der Waals surface area (Å²) in [5.74, 6) is -1.01. The van der Waals surface area contributed by atoms with Crippen molar-refractivity contribution in [3.8, 4) is 0 Å². The minimum Gasteiger partial charge on any atom is -0.479 e. The monoisotopic (exact) mass is 354 g/mol. The topological polar surface area (TPSA) is 101 Å². The predicted octanol–water partition coefficient (Wildman–Crippen LogP) is 2.05. The summed E-state index contributed by atoms with van der Waals surface area (Å²) in [6.07, 6.45) is 3.93. The molecule has 1 fully saturated rings. The van der Waals surface area contributed by atoms with Crippen LogP contribution in [0.3, 0.4) is 0 Å². The molecule has 1 N–H and O–H groups in total. The van der Waals surface area contributed by atoms with E-state index in [4.69, 9.17) is 4.52 Å². The lowest BCUT2D eigenvalue weighted by Crippen LogP contribution is -2.52. The molecule has 3 heterocycles. The Bertz CT molecular complexity index is 982. The number of aromatic nitrogens is 3. The van der Waals surface area contributed by atoms with E-state index >= 15 is 0 Å². The number of amides is 1. The number of carbonyl (C=O) groups is 2. The maximum absolute atomic E-state index is 12.8. The van der Waals surface area contributed by atoms with E-state index in [1.165, 1.54) is 4.68 Å². The molecule has 0 atom stereocenters. The van der Waals surface area contributed by atoms with Gasteiger partial charge >= 0.3 is 5.97 Å². The molecule has 3 aromatic rings. The quantitative estimate of drug-likeness (QED) is 0.772. The van der Waals surface area contributed by atoms with E-state index < -0.39 is 11.5 Å². The van der Waals surface area contributed by atoms with Gasteiger partial charge in [-0.2, -0.15) is 5.10 Å². The summed E-state index contributed by atoms with van der Waals surface area (Å²) in [4.78, 5) is 26.4. The molecule has 1 aromatic carbocycles. The molecule has 1 amide bonds. The molecular weight excluding hydrogens is 336 g/mol. The molecule has 1 aliphatic rings. The summed E-state index contributed by atoms with van der Waals surface area (Å²) in [5.41, 5.74) is 0.395. The van der Waals surface area contributed by atoms with Gasteiger partial charge in [0.2, 0.25) is 5.76 Å². The van der Waals surface area contributed by atoms with Crippen molar-refractivity contribution in [1.29, 1.82) is 0 Å². The number of carbonyl (C=O) groups excluding carboxylic acids is 1. The number of likely N-dealkylation sites (tertiary alicyclic amines) is 1. The Labute approximate surface area is 149 Å². The number of aryl methyl sites for hydroxylation is 1. The molecule has 26 heavy (non-hydrogen) atoms. The number of aliphatic carboxylic acids is 1. The van der Waals surface area contributed by atoms with E-state index in [1.54, 1.807) is 29.4 Å². The predicted molar refractivity (Wildman–Crippen MR) is 91.7 cm³/mol. The third kappa shape index (κ3) is 2.45. The van der Waals surface area contributed by atoms with Crippen molar-refractivity contribution in [3.05, 3.63) is 48.0 Å². The van der Waals surface area contributed by atoms with Crippen molar-refractivity contribution in [2.75, 3.05) is 13.1 Å². The molecule has 1 saturated heterocycles. The lowest BCUT2D eigenvalue weighted by atomic mass is 9.87. The highest BCUT2D eigenvalue weighted by Gasteiger charge is 2.45. The van der Waals surface area contributed by atoms with E-state index in [2.05, 4.69) is 10.3 Å². The van der Waals surface area contributed by atoms with E-state index in [0.29, 0.717) is 24.0 Å². The summed E-state index contributed by atoms with van der Waals surface area (Å²) in [6, 6.07) is 7.22. The summed E-state index contributed by atoms with van der Waals surface area (Å²) in [7, 11) is 0. The lowest BCUT2D eigenvalue weighted by Gasteiger charge is -2.38. The standard InChI is InChI=1S/C18H18N4O4/c1-12-10-19-22(11-12)18(17(24)25)6-8-21(9-7-18)16(23)15-13-4-2-3-5-14(13)20-26-15/h2-5,10-11H,6-9H2,1H3,(H,24,25). The average Bonchev–Trinajstić information content (AvgIpc) is 3.27. The zero-order valence-corrected chi connectivity index (χ0v) is 14.3. The number of carboxylic acid groups (broad SMARTS) is 1. The Kier molecular flexibility index (Phi) is 3.75. The van der Waals surface area contributed by atoms with Crippen molar-refractivity contribution in [3.63, 3.8) is 0 Å². The first-order valence-electron chi connectivity index (χ1n) is 8.40. The second-order valence-corrected chi connectivity index (χ2v) is 6.62. The van der Waals surface area contributed by atoms with Gasteiger partial charge in [0.15, 0.2) is 5.54 Å². The maximum atomic E-state index is 12.8. The maximum Gasteiger partial charge on any atom is 0.331 e. The zero-order valence-electron chi connectivity index (χ0n) is 14.3. The lowest BCUT2D eigenvalue weighted by molar-refractivity contribution is -0.150. The smallest absolute Gasteiger partial charge is 0.331 e. The number of rotatable bonds is 3. The summed E-state index contributed by atoms with van der Waals surface area (Å²) < 4.78 is 6.75. The highest BCUT2D eigenvalue weighted by molar-refractivity contribution is 6.03. The third-order valence-corrected chi connectivity index (χ3v) is 5.00. The molecule has 0 radical (unpaired) electrons. The van der Waals surface area contributed by atoms with Crippen LogP contribution in [0.4, 0.5) is 0 Å². The number of hydrogen-bond acceptors (Lipinski definition) is 5. The minimum absolute atomic E-state index is 0.193. The fourth-order valence-electron chi connectivity index (χ4n) is 3.45.